The van der Waals surface area contributed by atoms with Crippen LogP contribution in [0.2, 0.25) is 5.15 Å². The van der Waals surface area contributed by atoms with Gasteiger partial charge in [-0.3, -0.25) is 4.90 Å². The summed E-state index contributed by atoms with van der Waals surface area (Å²) < 4.78 is 173. The largest absolute Gasteiger partial charge is 0.711 e. The minimum Gasteiger partial charge on any atom is -0.711 e. The Labute approximate surface area is 368 Å². The zero-order chi connectivity index (χ0) is 47.6. The fraction of sp³-hybridized carbons (Fsp3) is 0.476. The van der Waals surface area contributed by atoms with Crippen molar-refractivity contribution >= 4 is 17.4 Å². The summed E-state index contributed by atoms with van der Waals surface area (Å²) in [7, 11) is 2.61. The number of halogens is 13. The van der Waals surface area contributed by atoms with Crippen LogP contribution in [0.5, 0.6) is 23.0 Å². The van der Waals surface area contributed by atoms with E-state index in [1.54, 1.807) is 0 Å². The van der Waals surface area contributed by atoms with E-state index in [0.717, 1.165) is 81.0 Å². The molecule has 4 saturated heterocycles. The first-order valence-electron chi connectivity index (χ1n) is 20.0. The number of pyridine rings is 2. The van der Waals surface area contributed by atoms with Crippen LogP contribution in [0.4, 0.5) is 58.5 Å². The number of piperidine rings is 2. The Morgan fingerprint density at radius 2 is 0.938 bits per heavy atom. The third-order valence-electron chi connectivity index (χ3n) is 11.4. The molecule has 0 radical (unpaired) electrons. The van der Waals surface area contributed by atoms with E-state index in [2.05, 4.69) is 5.32 Å². The molecule has 2 unspecified atom stereocenters. The topological polar surface area (TPSA) is 106 Å². The van der Waals surface area contributed by atoms with Gasteiger partial charge in [0.25, 0.3) is 11.0 Å². The summed E-state index contributed by atoms with van der Waals surface area (Å²) >= 11 is 5.21. The van der Waals surface area contributed by atoms with Crippen molar-refractivity contribution in [3.63, 3.8) is 0 Å². The highest BCUT2D eigenvalue weighted by molar-refractivity contribution is 6.28. The summed E-state index contributed by atoms with van der Waals surface area (Å²) in [6.45, 7) is 0. The fourth-order valence-electron chi connectivity index (χ4n) is 8.41. The van der Waals surface area contributed by atoms with Gasteiger partial charge in [0, 0.05) is 37.1 Å². The number of aromatic nitrogens is 2. The highest BCUT2D eigenvalue weighted by Gasteiger charge is 2.48. The Bertz CT molecular complexity index is 2250. The van der Waals surface area contributed by atoms with Gasteiger partial charge in [0.2, 0.25) is 0 Å². The van der Waals surface area contributed by atoms with Crippen molar-refractivity contribution in [3.8, 4) is 23.0 Å². The normalized spacial score (nSPS) is 22.8. The van der Waals surface area contributed by atoms with Gasteiger partial charge in [-0.1, -0.05) is 0 Å². The molecule has 65 heavy (non-hydrogen) atoms. The van der Waals surface area contributed by atoms with E-state index in [-0.39, 0.29) is 62.0 Å². The van der Waals surface area contributed by atoms with E-state index >= 15 is 0 Å². The molecule has 2 aromatic carbocycles. The lowest BCUT2D eigenvalue weighted by atomic mass is 9.99. The van der Waals surface area contributed by atoms with Gasteiger partial charge < -0.3 is 34.7 Å². The molecule has 2 aromatic heterocycles. The van der Waals surface area contributed by atoms with Crippen molar-refractivity contribution in [1.29, 1.82) is 0 Å². The van der Waals surface area contributed by atoms with E-state index in [1.165, 1.54) is 32.4 Å². The highest BCUT2D eigenvalue weighted by Crippen LogP contribution is 2.43. The van der Waals surface area contributed by atoms with Crippen LogP contribution >= 0.6 is 11.6 Å². The number of anilines is 1. The lowest BCUT2D eigenvalue weighted by Crippen LogP contribution is -2.51. The standard InChI is InChI=1S/C21H20F6N2O3.C15H18F3NO2.C6H3ClF3NO/c1-31-18-8-12(20(22,23)24)2-6-17(18)32-16-9-14-4-5-15(10-16)29(14)19-7-3-13(11-28(19)30)21(25,26)27;1-20-14-6-9(15(16,17)18)2-5-13(14)21-12-7-10-3-4-11(8-12)19-10;7-5-2-1-4(3-11(5)12)6(8,9)10/h2-3,6-8,11,14-16H,4-5,9-10H2,1H3;2,5-6,10-12,19H,3-4,7-8H2,1H3;1-3H/t14-,15+,16?;10-,11+,12?;. The molecule has 0 amide bonds. The molecule has 4 bridgehead atoms. The third kappa shape index (κ3) is 12.2. The van der Waals surface area contributed by atoms with Crippen LogP contribution in [0.15, 0.2) is 73.1 Å². The molecule has 10 nitrogen and oxygen atoms in total. The van der Waals surface area contributed by atoms with Crippen LogP contribution in [-0.2, 0) is 24.7 Å². The number of hydrogen-bond donors (Lipinski definition) is 1. The Hall–Kier alpha value is -5.25. The van der Waals surface area contributed by atoms with Gasteiger partial charge >= 0.3 is 24.7 Å². The first-order valence-corrected chi connectivity index (χ1v) is 20.4. The number of benzene rings is 2. The SMILES string of the molecule is COc1cc(C(F)(F)F)ccc1OC1C[C@H]2CC[C@@H](C1)N2.COc1cc(C(F)(F)F)ccc1OC1C[C@H]2CC[C@@H](C1)N2c1ccc(C(F)(F)F)c[n+]1[O-].[O-][n+]1cc(C(F)(F)F)ccc1Cl. The summed E-state index contributed by atoms with van der Waals surface area (Å²) in [5.41, 5.74) is -3.60. The number of ether oxygens (including phenoxy) is 4. The number of fused-ring (bicyclic) bond motifs is 4. The second-order valence-corrected chi connectivity index (χ2v) is 16.1. The summed E-state index contributed by atoms with van der Waals surface area (Å²) in [5, 5.41) is 26.1. The van der Waals surface area contributed by atoms with E-state index in [9.17, 15) is 63.1 Å². The molecule has 356 valence electrons. The number of rotatable bonds is 7. The highest BCUT2D eigenvalue weighted by atomic mass is 35.5. The van der Waals surface area contributed by atoms with Gasteiger partial charge in [-0.15, -0.1) is 0 Å². The number of alkyl halides is 12. The maximum Gasteiger partial charge on any atom is 0.422 e. The third-order valence-corrected chi connectivity index (χ3v) is 11.7. The summed E-state index contributed by atoms with van der Waals surface area (Å²) in [5.74, 6) is 0.824. The quantitative estimate of drug-likeness (QED) is 0.0845. The molecule has 4 aliphatic rings. The van der Waals surface area contributed by atoms with Crippen LogP contribution in [0.3, 0.4) is 0 Å². The molecular weight excluding hydrogens is 920 g/mol. The predicted molar refractivity (Wildman–Crippen MR) is 208 cm³/mol. The zero-order valence-corrected chi connectivity index (χ0v) is 35.0. The summed E-state index contributed by atoms with van der Waals surface area (Å²) in [6, 6.07) is 10.8. The molecule has 1 N–H and O–H groups in total. The second-order valence-electron chi connectivity index (χ2n) is 15.7. The van der Waals surface area contributed by atoms with Crippen LogP contribution < -0.4 is 38.6 Å². The Kier molecular flexibility index (Phi) is 14.6. The lowest BCUT2D eigenvalue weighted by Gasteiger charge is -2.36. The first-order chi connectivity index (χ1) is 30.3. The average Bonchev–Trinajstić information content (AvgIpc) is 3.70. The molecular formula is C42H41ClF12N4O6. The first kappa shape index (κ1) is 49.2. The minimum absolute atomic E-state index is 0.0326. The molecule has 8 rings (SSSR count). The van der Waals surface area contributed by atoms with E-state index in [4.69, 9.17) is 30.5 Å². The van der Waals surface area contributed by atoms with Crippen LogP contribution in [0, 0.1) is 10.4 Å². The smallest absolute Gasteiger partial charge is 0.422 e. The molecule has 0 spiro atoms. The maximum atomic E-state index is 12.9. The molecule has 4 aliphatic heterocycles. The van der Waals surface area contributed by atoms with Gasteiger partial charge in [-0.05, 0) is 98.7 Å². The van der Waals surface area contributed by atoms with Crippen molar-refractivity contribution in [1.82, 2.24) is 5.32 Å². The van der Waals surface area contributed by atoms with Crippen LogP contribution in [0.25, 0.3) is 0 Å². The number of nitrogens with zero attached hydrogens (tertiary/aromatic N) is 3. The van der Waals surface area contributed by atoms with Gasteiger partial charge in [-0.25, -0.2) is 4.73 Å². The van der Waals surface area contributed by atoms with Crippen molar-refractivity contribution in [2.75, 3.05) is 19.1 Å². The maximum absolute atomic E-state index is 12.9. The summed E-state index contributed by atoms with van der Waals surface area (Å²) in [6.07, 6.45) is -10.9. The molecule has 6 atom stereocenters. The molecule has 0 saturated carbocycles. The number of hydrogen-bond acceptors (Lipinski definition) is 8. The number of methoxy groups -OCH3 is 2. The molecule has 0 aliphatic carbocycles. The van der Waals surface area contributed by atoms with Gasteiger partial charge in [-0.2, -0.15) is 57.4 Å². The van der Waals surface area contributed by atoms with Crippen molar-refractivity contribution in [2.45, 2.75) is 112 Å². The Morgan fingerprint density at radius 1 is 0.538 bits per heavy atom. The van der Waals surface area contributed by atoms with Crippen LogP contribution in [0.1, 0.15) is 73.6 Å². The molecule has 23 heteroatoms. The summed E-state index contributed by atoms with van der Waals surface area (Å²) in [4.78, 5) is 1.83. The van der Waals surface area contributed by atoms with E-state index < -0.39 is 47.0 Å². The van der Waals surface area contributed by atoms with Crippen molar-refractivity contribution in [2.24, 2.45) is 0 Å². The molecule has 4 fully saturated rings. The monoisotopic (exact) mass is 960 g/mol. The Morgan fingerprint density at radius 3 is 1.34 bits per heavy atom. The van der Waals surface area contributed by atoms with Gasteiger partial charge in [0.1, 0.15) is 36.1 Å². The minimum atomic E-state index is -4.61. The predicted octanol–water partition coefficient (Wildman–Crippen LogP) is 10.3. The van der Waals surface area contributed by atoms with Gasteiger partial charge in [0.15, 0.2) is 29.2 Å². The molecule has 4 aromatic rings. The van der Waals surface area contributed by atoms with Gasteiger partial charge in [0.05, 0.1) is 30.9 Å². The van der Waals surface area contributed by atoms with E-state index in [0.29, 0.717) is 43.1 Å². The Balaban J connectivity index is 0.000000181. The lowest BCUT2D eigenvalue weighted by molar-refractivity contribution is -0.604. The molecule has 6 heterocycles. The second kappa shape index (κ2) is 19.3. The van der Waals surface area contributed by atoms with Crippen molar-refractivity contribution in [3.05, 3.63) is 111 Å². The van der Waals surface area contributed by atoms with Crippen LogP contribution in [-0.4, -0.2) is 50.6 Å². The fourth-order valence-corrected chi connectivity index (χ4v) is 8.52. The average molecular weight is 961 g/mol. The zero-order valence-electron chi connectivity index (χ0n) is 34.3. The van der Waals surface area contributed by atoms with E-state index in [1.807, 2.05) is 4.90 Å². The van der Waals surface area contributed by atoms with Crippen molar-refractivity contribution < 1.29 is 81.1 Å². The number of nitrogens with one attached hydrogen (secondary N) is 1.